The van der Waals surface area contributed by atoms with Crippen LogP contribution >= 0.6 is 12.4 Å². The molecule has 4 heteroatoms. The molecule has 1 amide bonds. The summed E-state index contributed by atoms with van der Waals surface area (Å²) in [6, 6.07) is 0. The van der Waals surface area contributed by atoms with E-state index in [0.717, 1.165) is 6.42 Å². The van der Waals surface area contributed by atoms with Gasteiger partial charge in [-0.15, -0.1) is 12.4 Å². The average Bonchev–Trinajstić information content (AvgIpc) is 3.18. The fourth-order valence-electron chi connectivity index (χ4n) is 2.62. The van der Waals surface area contributed by atoms with Crippen molar-refractivity contribution in [3.63, 3.8) is 0 Å². The summed E-state index contributed by atoms with van der Waals surface area (Å²) in [4.78, 5) is 12.1. The van der Waals surface area contributed by atoms with Gasteiger partial charge in [-0.2, -0.15) is 0 Å². The van der Waals surface area contributed by atoms with Gasteiger partial charge >= 0.3 is 0 Å². The second-order valence-corrected chi connectivity index (χ2v) is 6.06. The maximum absolute atomic E-state index is 12.1. The van der Waals surface area contributed by atoms with Crippen LogP contribution in [-0.4, -0.2) is 18.0 Å². The summed E-state index contributed by atoms with van der Waals surface area (Å²) in [5.74, 6) is 1.33. The number of halogens is 1. The Bertz CT molecular complexity index is 269. The van der Waals surface area contributed by atoms with Crippen LogP contribution in [0, 0.1) is 11.8 Å². The lowest BCUT2D eigenvalue weighted by atomic mass is 9.92. The first-order chi connectivity index (χ1) is 8.55. The van der Waals surface area contributed by atoms with Gasteiger partial charge in [-0.3, -0.25) is 4.79 Å². The van der Waals surface area contributed by atoms with Crippen molar-refractivity contribution in [2.75, 3.05) is 6.54 Å². The van der Waals surface area contributed by atoms with Gasteiger partial charge in [0.25, 0.3) is 0 Å². The van der Waals surface area contributed by atoms with Crippen molar-refractivity contribution in [2.24, 2.45) is 17.6 Å². The second-order valence-electron chi connectivity index (χ2n) is 6.06. The van der Waals surface area contributed by atoms with E-state index in [2.05, 4.69) is 26.1 Å². The lowest BCUT2D eigenvalue weighted by Crippen LogP contribution is -2.53. The lowest BCUT2D eigenvalue weighted by Gasteiger charge is -2.30. The highest BCUT2D eigenvalue weighted by atomic mass is 35.5. The summed E-state index contributed by atoms with van der Waals surface area (Å²) >= 11 is 0. The monoisotopic (exact) mass is 290 g/mol. The largest absolute Gasteiger partial charge is 0.349 e. The van der Waals surface area contributed by atoms with E-state index in [0.29, 0.717) is 24.8 Å². The highest BCUT2D eigenvalue weighted by molar-refractivity contribution is 5.85. The first kappa shape index (κ1) is 18.7. The Morgan fingerprint density at radius 3 is 2.47 bits per heavy atom. The Balaban J connectivity index is 0.00000324. The van der Waals surface area contributed by atoms with Crippen LogP contribution in [0.5, 0.6) is 0 Å². The van der Waals surface area contributed by atoms with Crippen molar-refractivity contribution in [3.8, 4) is 0 Å². The van der Waals surface area contributed by atoms with Crippen LogP contribution in [0.1, 0.15) is 65.7 Å². The van der Waals surface area contributed by atoms with E-state index < -0.39 is 0 Å². The Kier molecular flexibility index (Phi) is 8.67. The summed E-state index contributed by atoms with van der Waals surface area (Å²) in [6.45, 7) is 7.02. The van der Waals surface area contributed by atoms with Gasteiger partial charge in [-0.1, -0.05) is 33.1 Å². The van der Waals surface area contributed by atoms with Crippen LogP contribution in [0.3, 0.4) is 0 Å². The molecule has 1 aliphatic carbocycles. The van der Waals surface area contributed by atoms with Crippen LogP contribution < -0.4 is 11.1 Å². The summed E-state index contributed by atoms with van der Waals surface area (Å²) in [6.07, 6.45) is 7.78. The molecule has 19 heavy (non-hydrogen) atoms. The van der Waals surface area contributed by atoms with Crippen LogP contribution in [0.25, 0.3) is 0 Å². The van der Waals surface area contributed by atoms with Gasteiger partial charge in [0, 0.05) is 13.0 Å². The van der Waals surface area contributed by atoms with Crippen molar-refractivity contribution < 1.29 is 4.79 Å². The maximum atomic E-state index is 12.1. The molecule has 0 bridgehead atoms. The summed E-state index contributed by atoms with van der Waals surface area (Å²) in [7, 11) is 0. The molecule has 0 spiro atoms. The van der Waals surface area contributed by atoms with Gasteiger partial charge < -0.3 is 11.1 Å². The van der Waals surface area contributed by atoms with E-state index in [1.807, 2.05) is 0 Å². The lowest BCUT2D eigenvalue weighted by molar-refractivity contribution is -0.124. The molecule has 2 atom stereocenters. The van der Waals surface area contributed by atoms with Gasteiger partial charge in [0.2, 0.25) is 5.91 Å². The zero-order valence-electron chi connectivity index (χ0n) is 12.7. The number of rotatable bonds is 9. The molecule has 0 aromatic heterocycles. The highest BCUT2D eigenvalue weighted by Gasteiger charge is 2.41. The van der Waals surface area contributed by atoms with Gasteiger partial charge in [0.15, 0.2) is 0 Å². The molecule has 3 N–H and O–H groups in total. The molecule has 3 nitrogen and oxygen atoms in total. The van der Waals surface area contributed by atoms with Crippen molar-refractivity contribution in [1.82, 2.24) is 5.32 Å². The topological polar surface area (TPSA) is 55.1 Å². The molecule has 1 rings (SSSR count). The van der Waals surface area contributed by atoms with E-state index in [1.54, 1.807) is 0 Å². The van der Waals surface area contributed by atoms with E-state index in [-0.39, 0.29) is 23.9 Å². The smallest absolute Gasteiger partial charge is 0.220 e. The number of carbonyl (C=O) groups excluding carboxylic acids is 1. The quantitative estimate of drug-likeness (QED) is 0.685. The maximum Gasteiger partial charge on any atom is 0.220 e. The first-order valence-corrected chi connectivity index (χ1v) is 7.56. The van der Waals surface area contributed by atoms with E-state index in [9.17, 15) is 4.79 Å². The molecule has 0 saturated heterocycles. The zero-order chi connectivity index (χ0) is 13.6. The molecular weight excluding hydrogens is 260 g/mol. The third-order valence-corrected chi connectivity index (χ3v) is 4.34. The van der Waals surface area contributed by atoms with Crippen LogP contribution in [0.15, 0.2) is 0 Å². The van der Waals surface area contributed by atoms with Crippen molar-refractivity contribution in [3.05, 3.63) is 0 Å². The normalized spacial score (nSPS) is 19.2. The molecule has 114 valence electrons. The molecule has 0 heterocycles. The Labute approximate surface area is 124 Å². The molecule has 1 saturated carbocycles. The predicted molar refractivity (Wildman–Crippen MR) is 83.5 cm³/mol. The summed E-state index contributed by atoms with van der Waals surface area (Å²) < 4.78 is 0. The minimum Gasteiger partial charge on any atom is -0.349 e. The molecule has 2 unspecified atom stereocenters. The fraction of sp³-hybridized carbons (Fsp3) is 0.933. The van der Waals surface area contributed by atoms with Crippen LogP contribution in [-0.2, 0) is 4.79 Å². The number of amides is 1. The molecule has 0 aromatic rings. The van der Waals surface area contributed by atoms with Crippen molar-refractivity contribution in [2.45, 2.75) is 71.3 Å². The van der Waals surface area contributed by atoms with Crippen molar-refractivity contribution >= 4 is 18.3 Å². The Morgan fingerprint density at radius 1 is 1.42 bits per heavy atom. The zero-order valence-corrected chi connectivity index (χ0v) is 13.5. The average molecular weight is 291 g/mol. The number of nitrogens with two attached hydrogens (primary N) is 1. The number of carbonyl (C=O) groups is 1. The molecule has 0 aromatic carbocycles. The Hall–Kier alpha value is -0.280. The number of hydrogen-bond donors (Lipinski definition) is 2. The number of nitrogens with one attached hydrogen (secondary N) is 1. The third-order valence-electron chi connectivity index (χ3n) is 4.34. The van der Waals surface area contributed by atoms with Crippen molar-refractivity contribution in [1.29, 1.82) is 0 Å². The number of unbranched alkanes of at least 4 members (excludes halogenated alkanes) is 1. The Morgan fingerprint density at radius 2 is 2.05 bits per heavy atom. The van der Waals surface area contributed by atoms with E-state index >= 15 is 0 Å². The first-order valence-electron chi connectivity index (χ1n) is 7.56. The second kappa shape index (κ2) is 8.80. The fourth-order valence-corrected chi connectivity index (χ4v) is 2.62. The molecular formula is C15H31ClN2O. The van der Waals surface area contributed by atoms with Crippen LogP contribution in [0.2, 0.25) is 0 Å². The highest BCUT2D eigenvalue weighted by Crippen LogP contribution is 2.39. The third kappa shape index (κ3) is 6.13. The van der Waals surface area contributed by atoms with E-state index in [1.165, 1.54) is 32.1 Å². The SMILES string of the molecule is CCCCC(CC)CC(=O)NC(C)(CN)C1CC1.Cl. The van der Waals surface area contributed by atoms with Gasteiger partial charge in [-0.05, 0) is 38.0 Å². The number of hydrogen-bond acceptors (Lipinski definition) is 2. The predicted octanol–water partition coefficient (Wildman–Crippen LogP) is 3.26. The van der Waals surface area contributed by atoms with Gasteiger partial charge in [0.05, 0.1) is 5.54 Å². The van der Waals surface area contributed by atoms with Gasteiger partial charge in [0.1, 0.15) is 0 Å². The van der Waals surface area contributed by atoms with E-state index in [4.69, 9.17) is 5.73 Å². The minimum atomic E-state index is -0.167. The van der Waals surface area contributed by atoms with Crippen LogP contribution in [0.4, 0.5) is 0 Å². The van der Waals surface area contributed by atoms with Gasteiger partial charge in [-0.25, -0.2) is 0 Å². The minimum absolute atomic E-state index is 0. The molecule has 0 aliphatic heterocycles. The molecule has 0 radical (unpaired) electrons. The summed E-state index contributed by atoms with van der Waals surface area (Å²) in [5, 5.41) is 3.18. The summed E-state index contributed by atoms with van der Waals surface area (Å²) in [5.41, 5.74) is 5.66. The molecule has 1 fully saturated rings. The standard InChI is InChI=1S/C15H30N2O.ClH/c1-4-6-7-12(5-2)10-14(18)17-15(3,11-16)13-8-9-13;/h12-13H,4-11,16H2,1-3H3,(H,17,18);1H. The molecule has 1 aliphatic rings.